The molecule has 0 aliphatic carbocycles. The van der Waals surface area contributed by atoms with Crippen molar-refractivity contribution in [2.45, 2.75) is 38.1 Å². The first-order valence-electron chi connectivity index (χ1n) is 11.5. The molecule has 3 N–H and O–H groups in total. The maximum absolute atomic E-state index is 13.1. The minimum atomic E-state index is -3.52. The summed E-state index contributed by atoms with van der Waals surface area (Å²) in [6, 6.07) is 15.0. The van der Waals surface area contributed by atoms with E-state index in [1.807, 2.05) is 37.3 Å². The number of aromatic nitrogens is 3. The highest BCUT2D eigenvalue weighted by molar-refractivity contribution is 7.89. The maximum Gasteiger partial charge on any atom is 0.243 e. The number of anilines is 3. The maximum atomic E-state index is 13.1. The molecule has 3 aromatic rings. The molecular weight excluding hydrogens is 450 g/mol. The molecule has 1 aliphatic heterocycles. The Morgan fingerprint density at radius 3 is 2.50 bits per heavy atom. The Hall–Kier alpha value is -3.08. The van der Waals surface area contributed by atoms with E-state index >= 15 is 0 Å². The SMILES string of the molecule is CCc1ccccc1Nc1nc(N)nc(CN2CCCN(S(=O)(=O)c3ccc(C)cc3)CC2)n1. The van der Waals surface area contributed by atoms with Crippen molar-refractivity contribution in [1.29, 1.82) is 0 Å². The van der Waals surface area contributed by atoms with Crippen LogP contribution in [0, 0.1) is 6.92 Å². The lowest BCUT2D eigenvalue weighted by Crippen LogP contribution is -2.35. The molecule has 0 atom stereocenters. The minimum Gasteiger partial charge on any atom is -0.368 e. The molecule has 1 aliphatic rings. The van der Waals surface area contributed by atoms with E-state index in [0.717, 1.165) is 36.2 Å². The zero-order chi connectivity index (χ0) is 24.1. The van der Waals surface area contributed by atoms with Gasteiger partial charge in [0.1, 0.15) is 5.82 Å². The van der Waals surface area contributed by atoms with Gasteiger partial charge in [-0.25, -0.2) is 8.42 Å². The second-order valence-electron chi connectivity index (χ2n) is 8.42. The molecule has 0 amide bonds. The quantitative estimate of drug-likeness (QED) is 0.529. The topological polar surface area (TPSA) is 117 Å². The Balaban J connectivity index is 1.44. The van der Waals surface area contributed by atoms with Gasteiger partial charge in [-0.1, -0.05) is 42.8 Å². The summed E-state index contributed by atoms with van der Waals surface area (Å²) in [5.74, 6) is 1.11. The summed E-state index contributed by atoms with van der Waals surface area (Å²) >= 11 is 0. The monoisotopic (exact) mass is 481 g/mol. The van der Waals surface area contributed by atoms with Crippen LogP contribution in [0.25, 0.3) is 0 Å². The van der Waals surface area contributed by atoms with Crippen molar-refractivity contribution in [3.63, 3.8) is 0 Å². The number of hydrogen-bond donors (Lipinski definition) is 2. The standard InChI is InChI=1S/C24H31N7O2S/c1-3-19-7-4-5-8-21(19)26-24-28-22(27-23(25)29-24)17-30-13-6-14-31(16-15-30)34(32,33)20-11-9-18(2)10-12-20/h4-5,7-12H,3,6,13-17H2,1-2H3,(H3,25,26,27,28,29). The van der Waals surface area contributed by atoms with Crippen LogP contribution in [0.3, 0.4) is 0 Å². The summed E-state index contributed by atoms with van der Waals surface area (Å²) in [6.45, 7) is 6.71. The van der Waals surface area contributed by atoms with Gasteiger partial charge in [0, 0.05) is 25.3 Å². The molecule has 0 bridgehead atoms. The van der Waals surface area contributed by atoms with E-state index < -0.39 is 10.0 Å². The van der Waals surface area contributed by atoms with Gasteiger partial charge in [-0.2, -0.15) is 19.3 Å². The first-order chi connectivity index (χ1) is 16.3. The zero-order valence-electron chi connectivity index (χ0n) is 19.6. The Morgan fingerprint density at radius 1 is 0.971 bits per heavy atom. The molecule has 0 spiro atoms. The average molecular weight is 482 g/mol. The van der Waals surface area contributed by atoms with Crippen molar-refractivity contribution in [3.8, 4) is 0 Å². The lowest BCUT2D eigenvalue weighted by molar-refractivity contribution is 0.272. The van der Waals surface area contributed by atoms with Crippen molar-refractivity contribution in [2.24, 2.45) is 0 Å². The lowest BCUT2D eigenvalue weighted by Gasteiger charge is -2.21. The minimum absolute atomic E-state index is 0.153. The van der Waals surface area contributed by atoms with Gasteiger partial charge in [0.2, 0.25) is 21.9 Å². The average Bonchev–Trinajstić information content (AvgIpc) is 3.05. The summed E-state index contributed by atoms with van der Waals surface area (Å²) < 4.78 is 27.7. The Morgan fingerprint density at radius 2 is 1.74 bits per heavy atom. The lowest BCUT2D eigenvalue weighted by atomic mass is 10.1. The molecule has 0 radical (unpaired) electrons. The van der Waals surface area contributed by atoms with Gasteiger partial charge in [-0.15, -0.1) is 0 Å². The fraction of sp³-hybridized carbons (Fsp3) is 0.375. The molecule has 1 fully saturated rings. The van der Waals surface area contributed by atoms with Crippen molar-refractivity contribution < 1.29 is 8.42 Å². The smallest absolute Gasteiger partial charge is 0.243 e. The van der Waals surface area contributed by atoms with E-state index in [0.29, 0.717) is 42.8 Å². The number of nitrogen functional groups attached to an aromatic ring is 1. The third-order valence-corrected chi connectivity index (χ3v) is 7.83. The molecule has 10 heteroatoms. The van der Waals surface area contributed by atoms with E-state index in [-0.39, 0.29) is 5.95 Å². The predicted octanol–water partition coefficient (Wildman–Crippen LogP) is 2.96. The van der Waals surface area contributed by atoms with Gasteiger partial charge in [-0.3, -0.25) is 4.90 Å². The highest BCUT2D eigenvalue weighted by Gasteiger charge is 2.27. The summed E-state index contributed by atoms with van der Waals surface area (Å²) in [6.07, 6.45) is 1.60. The van der Waals surface area contributed by atoms with Gasteiger partial charge < -0.3 is 11.1 Å². The molecule has 0 saturated carbocycles. The predicted molar refractivity (Wildman–Crippen MR) is 133 cm³/mol. The van der Waals surface area contributed by atoms with E-state index in [4.69, 9.17) is 5.73 Å². The van der Waals surface area contributed by atoms with Crippen LogP contribution in [-0.4, -0.2) is 58.8 Å². The second kappa shape index (κ2) is 10.5. The van der Waals surface area contributed by atoms with E-state index in [1.165, 1.54) is 0 Å². The van der Waals surface area contributed by atoms with Crippen LogP contribution < -0.4 is 11.1 Å². The van der Waals surface area contributed by atoms with Crippen LogP contribution in [0.15, 0.2) is 53.4 Å². The Bertz CT molecular complexity index is 1230. The van der Waals surface area contributed by atoms with E-state index in [2.05, 4.69) is 38.2 Å². The molecule has 4 rings (SSSR count). The number of aryl methyl sites for hydroxylation is 2. The first-order valence-corrected chi connectivity index (χ1v) is 12.9. The van der Waals surface area contributed by atoms with Crippen LogP contribution in [0.1, 0.15) is 30.3 Å². The Labute approximate surface area is 201 Å². The third-order valence-electron chi connectivity index (χ3n) is 5.92. The number of nitrogens with two attached hydrogens (primary N) is 1. The van der Waals surface area contributed by atoms with Crippen LogP contribution in [0.5, 0.6) is 0 Å². The Kier molecular flexibility index (Phi) is 7.40. The number of sulfonamides is 1. The van der Waals surface area contributed by atoms with Crippen molar-refractivity contribution in [3.05, 3.63) is 65.5 Å². The third kappa shape index (κ3) is 5.69. The number of nitrogens with zero attached hydrogens (tertiary/aromatic N) is 5. The molecule has 2 heterocycles. The van der Waals surface area contributed by atoms with E-state index in [1.54, 1.807) is 16.4 Å². The number of hydrogen-bond acceptors (Lipinski definition) is 8. The summed E-state index contributed by atoms with van der Waals surface area (Å²) in [4.78, 5) is 15.6. The van der Waals surface area contributed by atoms with Gasteiger partial charge in [0.15, 0.2) is 0 Å². The number of nitrogens with one attached hydrogen (secondary N) is 1. The first kappa shape index (κ1) is 24.1. The summed E-state index contributed by atoms with van der Waals surface area (Å²) in [7, 11) is -3.52. The molecule has 34 heavy (non-hydrogen) atoms. The molecular formula is C24H31N7O2S. The highest BCUT2D eigenvalue weighted by Crippen LogP contribution is 2.21. The number of rotatable bonds is 7. The van der Waals surface area contributed by atoms with Crippen molar-refractivity contribution in [1.82, 2.24) is 24.2 Å². The van der Waals surface area contributed by atoms with Crippen LogP contribution in [0.4, 0.5) is 17.6 Å². The molecule has 180 valence electrons. The molecule has 2 aromatic carbocycles. The van der Waals surface area contributed by atoms with Crippen molar-refractivity contribution >= 4 is 27.6 Å². The highest BCUT2D eigenvalue weighted by atomic mass is 32.2. The second-order valence-corrected chi connectivity index (χ2v) is 10.4. The van der Waals surface area contributed by atoms with Gasteiger partial charge >= 0.3 is 0 Å². The van der Waals surface area contributed by atoms with Crippen LogP contribution in [-0.2, 0) is 23.0 Å². The fourth-order valence-electron chi connectivity index (χ4n) is 4.04. The van der Waals surface area contributed by atoms with E-state index in [9.17, 15) is 8.42 Å². The molecule has 9 nitrogen and oxygen atoms in total. The molecule has 0 unspecified atom stereocenters. The van der Waals surface area contributed by atoms with Crippen molar-refractivity contribution in [2.75, 3.05) is 37.2 Å². The zero-order valence-corrected chi connectivity index (χ0v) is 20.4. The van der Waals surface area contributed by atoms with Gasteiger partial charge in [-0.05, 0) is 50.1 Å². The van der Waals surface area contributed by atoms with Gasteiger partial charge in [0.05, 0.1) is 11.4 Å². The molecule has 1 aromatic heterocycles. The van der Waals surface area contributed by atoms with Crippen LogP contribution in [0.2, 0.25) is 0 Å². The molecule has 1 saturated heterocycles. The number of para-hydroxylation sites is 1. The normalized spacial score (nSPS) is 15.7. The largest absolute Gasteiger partial charge is 0.368 e. The summed E-state index contributed by atoms with van der Waals surface area (Å²) in [5, 5.41) is 3.26. The summed E-state index contributed by atoms with van der Waals surface area (Å²) in [5.41, 5.74) is 9.09. The fourth-order valence-corrected chi connectivity index (χ4v) is 5.51. The van der Waals surface area contributed by atoms with Crippen LogP contribution >= 0.6 is 0 Å². The van der Waals surface area contributed by atoms with Gasteiger partial charge in [0.25, 0.3) is 0 Å². The number of benzene rings is 2.